The number of nitrogens with zero attached hydrogens (tertiary/aromatic N) is 2. The van der Waals surface area contributed by atoms with Crippen molar-refractivity contribution < 1.29 is 9.72 Å². The highest BCUT2D eigenvalue weighted by Crippen LogP contribution is 2.11. The van der Waals surface area contributed by atoms with E-state index in [1.807, 2.05) is 6.07 Å². The SMILES string of the molecule is O=C(N/N=C\c1cccc([N+](=O)[O-])c1)c1cccc(I)c1. The van der Waals surface area contributed by atoms with E-state index in [-0.39, 0.29) is 11.6 Å². The van der Waals surface area contributed by atoms with Crippen LogP contribution in [0.4, 0.5) is 5.69 Å². The standard InChI is InChI=1S/C14H10IN3O3/c15-12-5-2-4-11(8-12)14(19)17-16-9-10-3-1-6-13(7-10)18(20)21/h1-9H,(H,17,19)/b16-9-. The molecular weight excluding hydrogens is 385 g/mol. The number of hydrazone groups is 1. The van der Waals surface area contributed by atoms with Crippen molar-refractivity contribution in [3.8, 4) is 0 Å². The topological polar surface area (TPSA) is 84.6 Å². The Hall–Kier alpha value is -2.29. The Morgan fingerprint density at radius 2 is 2.00 bits per heavy atom. The molecule has 0 aliphatic carbocycles. The molecule has 0 aromatic heterocycles. The van der Waals surface area contributed by atoms with E-state index in [4.69, 9.17) is 0 Å². The highest BCUT2D eigenvalue weighted by Gasteiger charge is 2.05. The largest absolute Gasteiger partial charge is 0.271 e. The quantitative estimate of drug-likeness (QED) is 0.374. The number of carbonyl (C=O) groups is 1. The van der Waals surface area contributed by atoms with Crippen molar-refractivity contribution in [1.29, 1.82) is 0 Å². The van der Waals surface area contributed by atoms with Crippen LogP contribution in [-0.2, 0) is 0 Å². The summed E-state index contributed by atoms with van der Waals surface area (Å²) in [5.74, 6) is -0.338. The second-order valence-corrected chi connectivity index (χ2v) is 5.31. The summed E-state index contributed by atoms with van der Waals surface area (Å²) in [5, 5.41) is 14.4. The van der Waals surface area contributed by atoms with Gasteiger partial charge in [-0.1, -0.05) is 18.2 Å². The van der Waals surface area contributed by atoms with E-state index in [9.17, 15) is 14.9 Å². The monoisotopic (exact) mass is 395 g/mol. The fourth-order valence-corrected chi connectivity index (χ4v) is 2.12. The maximum Gasteiger partial charge on any atom is 0.271 e. The minimum atomic E-state index is -0.484. The van der Waals surface area contributed by atoms with Crippen LogP contribution in [0.5, 0.6) is 0 Å². The smallest absolute Gasteiger partial charge is 0.267 e. The van der Waals surface area contributed by atoms with Gasteiger partial charge >= 0.3 is 0 Å². The number of nitro benzene ring substituents is 1. The van der Waals surface area contributed by atoms with Gasteiger partial charge < -0.3 is 0 Å². The maximum absolute atomic E-state index is 11.8. The Labute approximate surface area is 134 Å². The molecule has 0 aliphatic heterocycles. The number of halogens is 1. The van der Waals surface area contributed by atoms with Gasteiger partial charge in [0.05, 0.1) is 11.1 Å². The summed E-state index contributed by atoms with van der Waals surface area (Å²) in [5.41, 5.74) is 3.39. The molecule has 6 nitrogen and oxygen atoms in total. The minimum absolute atomic E-state index is 0.0251. The average molecular weight is 395 g/mol. The first-order valence-electron chi connectivity index (χ1n) is 5.90. The number of carbonyl (C=O) groups excluding carboxylic acids is 1. The Balaban J connectivity index is 2.04. The molecule has 0 radical (unpaired) electrons. The molecule has 2 aromatic rings. The van der Waals surface area contributed by atoms with Crippen molar-refractivity contribution in [2.24, 2.45) is 5.10 Å². The molecule has 0 unspecified atom stereocenters. The van der Waals surface area contributed by atoms with Crippen LogP contribution in [0.2, 0.25) is 0 Å². The van der Waals surface area contributed by atoms with E-state index >= 15 is 0 Å². The summed E-state index contributed by atoms with van der Waals surface area (Å²) in [6.07, 6.45) is 1.36. The zero-order chi connectivity index (χ0) is 15.2. The molecule has 2 rings (SSSR count). The lowest BCUT2D eigenvalue weighted by Crippen LogP contribution is -2.17. The van der Waals surface area contributed by atoms with Crippen LogP contribution < -0.4 is 5.43 Å². The summed E-state index contributed by atoms with van der Waals surface area (Å²) in [6, 6.07) is 13.1. The van der Waals surface area contributed by atoms with Crippen LogP contribution >= 0.6 is 22.6 Å². The molecule has 7 heteroatoms. The molecule has 0 fully saturated rings. The Bertz CT molecular complexity index is 716. The van der Waals surface area contributed by atoms with E-state index in [1.165, 1.54) is 18.3 Å². The van der Waals surface area contributed by atoms with Crippen molar-refractivity contribution >= 4 is 40.4 Å². The van der Waals surface area contributed by atoms with E-state index in [0.717, 1.165) is 3.57 Å². The van der Waals surface area contributed by atoms with Gasteiger partial charge in [-0.25, -0.2) is 5.43 Å². The maximum atomic E-state index is 11.8. The highest BCUT2D eigenvalue weighted by atomic mass is 127. The Kier molecular flexibility index (Phi) is 4.99. The van der Waals surface area contributed by atoms with Gasteiger partial charge in [0.25, 0.3) is 11.6 Å². The van der Waals surface area contributed by atoms with Gasteiger partial charge in [-0.2, -0.15) is 5.10 Å². The normalized spacial score (nSPS) is 10.5. The lowest BCUT2D eigenvalue weighted by atomic mass is 10.2. The van der Waals surface area contributed by atoms with Gasteiger partial charge in [0.15, 0.2) is 0 Å². The van der Waals surface area contributed by atoms with E-state index in [1.54, 1.807) is 30.3 Å². The number of amides is 1. The summed E-state index contributed by atoms with van der Waals surface area (Å²) >= 11 is 2.11. The molecule has 106 valence electrons. The molecule has 0 saturated carbocycles. The van der Waals surface area contributed by atoms with Crippen LogP contribution in [0.1, 0.15) is 15.9 Å². The zero-order valence-corrected chi connectivity index (χ0v) is 12.9. The molecular formula is C14H10IN3O3. The number of nitro groups is 1. The zero-order valence-electron chi connectivity index (χ0n) is 10.7. The first-order chi connectivity index (χ1) is 10.1. The predicted octanol–water partition coefficient (Wildman–Crippen LogP) is 2.96. The van der Waals surface area contributed by atoms with E-state index < -0.39 is 4.92 Å². The third kappa shape index (κ3) is 4.35. The van der Waals surface area contributed by atoms with Gasteiger partial charge in [0.1, 0.15) is 0 Å². The number of hydrogen-bond donors (Lipinski definition) is 1. The molecule has 0 saturated heterocycles. The van der Waals surface area contributed by atoms with Crippen LogP contribution in [0.25, 0.3) is 0 Å². The number of non-ortho nitro benzene ring substituents is 1. The molecule has 0 aliphatic rings. The minimum Gasteiger partial charge on any atom is -0.267 e. The predicted molar refractivity (Wildman–Crippen MR) is 87.3 cm³/mol. The molecule has 0 spiro atoms. The average Bonchev–Trinajstić information content (AvgIpc) is 2.47. The Morgan fingerprint density at radius 1 is 1.24 bits per heavy atom. The van der Waals surface area contributed by atoms with Crippen molar-refractivity contribution in [1.82, 2.24) is 5.43 Å². The summed E-state index contributed by atoms with van der Waals surface area (Å²) < 4.78 is 0.947. The van der Waals surface area contributed by atoms with Crippen molar-refractivity contribution in [3.05, 3.63) is 73.3 Å². The van der Waals surface area contributed by atoms with Crippen LogP contribution in [0, 0.1) is 13.7 Å². The van der Waals surface area contributed by atoms with Crippen molar-refractivity contribution in [2.45, 2.75) is 0 Å². The van der Waals surface area contributed by atoms with Gasteiger partial charge in [-0.3, -0.25) is 14.9 Å². The molecule has 1 N–H and O–H groups in total. The van der Waals surface area contributed by atoms with Crippen molar-refractivity contribution in [3.63, 3.8) is 0 Å². The fourth-order valence-electron chi connectivity index (χ4n) is 1.58. The van der Waals surface area contributed by atoms with Gasteiger partial charge in [0.2, 0.25) is 0 Å². The van der Waals surface area contributed by atoms with Crippen LogP contribution in [0.15, 0.2) is 53.6 Å². The van der Waals surface area contributed by atoms with Crippen LogP contribution in [-0.4, -0.2) is 17.0 Å². The lowest BCUT2D eigenvalue weighted by molar-refractivity contribution is -0.384. The third-order valence-electron chi connectivity index (χ3n) is 2.55. The van der Waals surface area contributed by atoms with Gasteiger partial charge in [-0.05, 0) is 40.8 Å². The number of nitrogens with one attached hydrogen (secondary N) is 1. The number of benzene rings is 2. The molecule has 0 atom stereocenters. The Morgan fingerprint density at radius 3 is 2.71 bits per heavy atom. The molecule has 21 heavy (non-hydrogen) atoms. The summed E-state index contributed by atoms with van der Waals surface area (Å²) in [4.78, 5) is 22.0. The summed E-state index contributed by atoms with van der Waals surface area (Å²) in [7, 11) is 0. The number of hydrogen-bond acceptors (Lipinski definition) is 4. The van der Waals surface area contributed by atoms with E-state index in [2.05, 4.69) is 33.1 Å². The first-order valence-corrected chi connectivity index (χ1v) is 6.97. The number of rotatable bonds is 4. The van der Waals surface area contributed by atoms with Crippen molar-refractivity contribution in [2.75, 3.05) is 0 Å². The molecule has 2 aromatic carbocycles. The molecule has 0 bridgehead atoms. The second-order valence-electron chi connectivity index (χ2n) is 4.06. The molecule has 1 amide bonds. The van der Waals surface area contributed by atoms with Crippen LogP contribution in [0.3, 0.4) is 0 Å². The fraction of sp³-hybridized carbons (Fsp3) is 0. The lowest BCUT2D eigenvalue weighted by Gasteiger charge is -2.00. The highest BCUT2D eigenvalue weighted by molar-refractivity contribution is 14.1. The summed E-state index contributed by atoms with van der Waals surface area (Å²) in [6.45, 7) is 0. The van der Waals surface area contributed by atoms with E-state index in [0.29, 0.717) is 11.1 Å². The first kappa shape index (κ1) is 15.1. The van der Waals surface area contributed by atoms with Gasteiger partial charge in [-0.15, -0.1) is 0 Å². The van der Waals surface area contributed by atoms with Gasteiger partial charge in [0, 0.05) is 26.8 Å². The molecule has 0 heterocycles. The second kappa shape index (κ2) is 6.93. The third-order valence-corrected chi connectivity index (χ3v) is 3.22.